The van der Waals surface area contributed by atoms with Crippen molar-refractivity contribution in [3.63, 3.8) is 0 Å². The normalized spacial score (nSPS) is 13.4. The number of hydrogen-bond acceptors (Lipinski definition) is 4. The molecule has 0 aromatic heterocycles. The van der Waals surface area contributed by atoms with Gasteiger partial charge in [0.05, 0.1) is 0 Å². The molecule has 5 nitrogen and oxygen atoms in total. The minimum absolute atomic E-state index is 0.00655. The lowest BCUT2D eigenvalue weighted by Crippen LogP contribution is -2.37. The van der Waals surface area contributed by atoms with Gasteiger partial charge in [0.2, 0.25) is 0 Å². The zero-order valence-electron chi connectivity index (χ0n) is 17.2. The van der Waals surface area contributed by atoms with E-state index in [9.17, 15) is 9.90 Å². The topological polar surface area (TPSA) is 59.0 Å². The lowest BCUT2D eigenvalue weighted by atomic mass is 9.99. The molecule has 0 unspecified atom stereocenters. The van der Waals surface area contributed by atoms with Gasteiger partial charge in [-0.3, -0.25) is 4.79 Å². The highest BCUT2D eigenvalue weighted by Gasteiger charge is 2.18. The van der Waals surface area contributed by atoms with Gasteiger partial charge in [0, 0.05) is 13.1 Å². The average molecular weight is 415 g/mol. The Hall–Kier alpha value is -3.73. The molecule has 31 heavy (non-hydrogen) atoms. The lowest BCUT2D eigenvalue weighted by molar-refractivity contribution is -0.132. The molecule has 0 fully saturated rings. The van der Waals surface area contributed by atoms with Gasteiger partial charge in [0.1, 0.15) is 23.9 Å². The number of benzene rings is 3. The Bertz CT molecular complexity index is 1030. The van der Waals surface area contributed by atoms with Crippen LogP contribution < -0.4 is 9.47 Å². The zero-order chi connectivity index (χ0) is 21.5. The highest BCUT2D eigenvalue weighted by Crippen LogP contribution is 2.24. The van der Waals surface area contributed by atoms with E-state index < -0.39 is 0 Å². The molecule has 1 N–H and O–H groups in total. The van der Waals surface area contributed by atoms with Gasteiger partial charge in [0.25, 0.3) is 5.91 Å². The number of aromatic hydroxyl groups is 1. The predicted molar refractivity (Wildman–Crippen MR) is 120 cm³/mol. The first-order valence-electron chi connectivity index (χ1n) is 10.3. The summed E-state index contributed by atoms with van der Waals surface area (Å²) in [7, 11) is 0. The number of ether oxygens (including phenoxy) is 2. The Morgan fingerprint density at radius 1 is 0.871 bits per heavy atom. The van der Waals surface area contributed by atoms with E-state index in [1.54, 1.807) is 17.0 Å². The summed E-state index contributed by atoms with van der Waals surface area (Å²) in [4.78, 5) is 14.3. The Morgan fingerprint density at radius 2 is 1.55 bits per heavy atom. The summed E-state index contributed by atoms with van der Waals surface area (Å²) in [5.41, 5.74) is 3.38. The van der Waals surface area contributed by atoms with E-state index in [0.717, 1.165) is 23.3 Å². The summed E-state index contributed by atoms with van der Waals surface area (Å²) in [5, 5.41) is 9.42. The largest absolute Gasteiger partial charge is 0.508 e. The van der Waals surface area contributed by atoms with E-state index in [-0.39, 0.29) is 18.3 Å². The van der Waals surface area contributed by atoms with Gasteiger partial charge in [0.15, 0.2) is 6.61 Å². The molecule has 0 saturated heterocycles. The van der Waals surface area contributed by atoms with Crippen LogP contribution in [0.25, 0.3) is 5.57 Å². The SMILES string of the molecule is O=C(COc1ccc(OCc2ccccc2)cc1)N1CC=C(c2ccc(O)cc2)CC1. The molecule has 3 aromatic carbocycles. The van der Waals surface area contributed by atoms with E-state index in [4.69, 9.17) is 9.47 Å². The van der Waals surface area contributed by atoms with Crippen molar-refractivity contribution in [3.05, 3.63) is 96.1 Å². The van der Waals surface area contributed by atoms with Crippen LogP contribution in [0.15, 0.2) is 84.9 Å². The average Bonchev–Trinajstić information content (AvgIpc) is 2.83. The first kappa shape index (κ1) is 20.5. The van der Waals surface area contributed by atoms with Crippen LogP contribution in [0.2, 0.25) is 0 Å². The number of phenolic OH excluding ortho intramolecular Hbond substituents is 1. The Labute approximate surface area is 182 Å². The van der Waals surface area contributed by atoms with E-state index in [0.29, 0.717) is 25.4 Å². The molecule has 3 aromatic rings. The standard InChI is InChI=1S/C26H25NO4/c28-23-8-6-21(7-9-23)22-14-16-27(17-15-22)26(29)19-31-25-12-10-24(11-13-25)30-18-20-4-2-1-3-5-20/h1-14,28H,15-19H2. The molecule has 1 aliphatic heterocycles. The molecular weight excluding hydrogens is 390 g/mol. The van der Waals surface area contributed by atoms with Crippen LogP contribution in [0.1, 0.15) is 17.5 Å². The third kappa shape index (κ3) is 5.66. The van der Waals surface area contributed by atoms with Crippen molar-refractivity contribution in [3.8, 4) is 17.2 Å². The molecule has 0 spiro atoms. The number of nitrogens with zero attached hydrogens (tertiary/aromatic N) is 1. The molecule has 0 radical (unpaired) electrons. The van der Waals surface area contributed by atoms with Crippen LogP contribution in [0.5, 0.6) is 17.2 Å². The fourth-order valence-electron chi connectivity index (χ4n) is 3.44. The molecule has 5 heteroatoms. The molecule has 0 bridgehead atoms. The summed E-state index contributed by atoms with van der Waals surface area (Å²) in [6.45, 7) is 1.73. The number of carbonyl (C=O) groups is 1. The minimum Gasteiger partial charge on any atom is -0.508 e. The van der Waals surface area contributed by atoms with Crippen LogP contribution in [0, 0.1) is 0 Å². The van der Waals surface area contributed by atoms with E-state index in [1.165, 1.54) is 5.57 Å². The molecule has 0 atom stereocenters. The van der Waals surface area contributed by atoms with E-state index in [2.05, 4.69) is 6.08 Å². The smallest absolute Gasteiger partial charge is 0.260 e. The fourth-order valence-corrected chi connectivity index (χ4v) is 3.44. The quantitative estimate of drug-likeness (QED) is 0.609. The first-order valence-corrected chi connectivity index (χ1v) is 10.3. The fraction of sp³-hybridized carbons (Fsp3) is 0.192. The van der Waals surface area contributed by atoms with Crippen molar-refractivity contribution in [2.24, 2.45) is 0 Å². The van der Waals surface area contributed by atoms with Crippen LogP contribution in [-0.4, -0.2) is 35.6 Å². The monoisotopic (exact) mass is 415 g/mol. The van der Waals surface area contributed by atoms with Gasteiger partial charge in [-0.2, -0.15) is 0 Å². The molecule has 1 aliphatic rings. The number of rotatable bonds is 7. The van der Waals surface area contributed by atoms with Gasteiger partial charge >= 0.3 is 0 Å². The number of amides is 1. The molecular formula is C26H25NO4. The first-order chi connectivity index (χ1) is 15.2. The lowest BCUT2D eigenvalue weighted by Gasteiger charge is -2.26. The molecule has 4 rings (SSSR count). The molecule has 158 valence electrons. The Morgan fingerprint density at radius 3 is 2.19 bits per heavy atom. The van der Waals surface area contributed by atoms with Gasteiger partial charge in [-0.25, -0.2) is 0 Å². The highest BCUT2D eigenvalue weighted by molar-refractivity contribution is 5.79. The van der Waals surface area contributed by atoms with Crippen molar-refractivity contribution in [2.45, 2.75) is 13.0 Å². The van der Waals surface area contributed by atoms with Gasteiger partial charge in [-0.05, 0) is 59.5 Å². The molecule has 1 amide bonds. The molecule has 1 heterocycles. The Balaban J connectivity index is 1.24. The molecule has 0 saturated carbocycles. The second kappa shape index (κ2) is 9.85. The van der Waals surface area contributed by atoms with Crippen LogP contribution >= 0.6 is 0 Å². The maximum absolute atomic E-state index is 12.5. The summed E-state index contributed by atoms with van der Waals surface area (Å²) in [6, 6.07) is 24.5. The number of hydrogen-bond donors (Lipinski definition) is 1. The second-order valence-corrected chi connectivity index (χ2v) is 7.40. The zero-order valence-corrected chi connectivity index (χ0v) is 17.2. The Kier molecular flexibility index (Phi) is 6.53. The van der Waals surface area contributed by atoms with Crippen molar-refractivity contribution < 1.29 is 19.4 Å². The van der Waals surface area contributed by atoms with Crippen LogP contribution in [-0.2, 0) is 11.4 Å². The summed E-state index contributed by atoms with van der Waals surface area (Å²) >= 11 is 0. The molecule has 0 aliphatic carbocycles. The van der Waals surface area contributed by atoms with E-state index >= 15 is 0 Å². The predicted octanol–water partition coefficient (Wildman–Crippen LogP) is 4.67. The highest BCUT2D eigenvalue weighted by atomic mass is 16.5. The minimum atomic E-state index is -0.0367. The van der Waals surface area contributed by atoms with Crippen molar-refractivity contribution in [1.29, 1.82) is 0 Å². The van der Waals surface area contributed by atoms with Gasteiger partial charge in [-0.1, -0.05) is 48.5 Å². The summed E-state index contributed by atoms with van der Waals surface area (Å²) < 4.78 is 11.4. The number of carbonyl (C=O) groups excluding carboxylic acids is 1. The maximum atomic E-state index is 12.5. The summed E-state index contributed by atoms with van der Waals surface area (Å²) in [5.74, 6) is 1.61. The maximum Gasteiger partial charge on any atom is 0.260 e. The summed E-state index contributed by atoms with van der Waals surface area (Å²) in [6.07, 6.45) is 2.84. The van der Waals surface area contributed by atoms with Gasteiger partial charge < -0.3 is 19.5 Å². The van der Waals surface area contributed by atoms with Crippen molar-refractivity contribution in [1.82, 2.24) is 4.90 Å². The van der Waals surface area contributed by atoms with Crippen LogP contribution in [0.4, 0.5) is 0 Å². The second-order valence-electron chi connectivity index (χ2n) is 7.40. The number of phenols is 1. The van der Waals surface area contributed by atoms with E-state index in [1.807, 2.05) is 66.7 Å². The van der Waals surface area contributed by atoms with Gasteiger partial charge in [-0.15, -0.1) is 0 Å². The van der Waals surface area contributed by atoms with Crippen molar-refractivity contribution in [2.75, 3.05) is 19.7 Å². The third-order valence-electron chi connectivity index (χ3n) is 5.23. The van der Waals surface area contributed by atoms with Crippen molar-refractivity contribution >= 4 is 11.5 Å². The third-order valence-corrected chi connectivity index (χ3v) is 5.23. The van der Waals surface area contributed by atoms with Crippen LogP contribution in [0.3, 0.4) is 0 Å².